The monoisotopic (exact) mass is 542 g/mol. The lowest BCUT2D eigenvalue weighted by Crippen LogP contribution is -2.25. The van der Waals surface area contributed by atoms with Crippen LogP contribution >= 0.6 is 24.8 Å². The predicted octanol–water partition coefficient (Wildman–Crippen LogP) is 5.36. The van der Waals surface area contributed by atoms with E-state index in [1.807, 2.05) is 0 Å². The Kier molecular flexibility index (Phi) is 13.1. The molecule has 0 saturated heterocycles. The third-order valence-electron chi connectivity index (χ3n) is 5.28. The van der Waals surface area contributed by atoms with E-state index in [4.69, 9.17) is 4.74 Å². The molecule has 0 aliphatic carbocycles. The van der Waals surface area contributed by atoms with Crippen molar-refractivity contribution in [3.8, 4) is 11.3 Å². The number of benzene rings is 2. The molecule has 2 aromatic carbocycles. The van der Waals surface area contributed by atoms with Gasteiger partial charge in [-0.05, 0) is 55.4 Å². The summed E-state index contributed by atoms with van der Waals surface area (Å²) >= 11 is 0. The zero-order chi connectivity index (χ0) is 24.5. The maximum absolute atomic E-state index is 13.6. The van der Waals surface area contributed by atoms with Crippen LogP contribution in [0.3, 0.4) is 0 Å². The molecule has 0 saturated carbocycles. The average molecular weight is 543 g/mol. The van der Waals surface area contributed by atoms with Crippen LogP contribution in [-0.2, 0) is 11.3 Å². The second-order valence-corrected chi connectivity index (χ2v) is 7.71. The summed E-state index contributed by atoms with van der Waals surface area (Å²) in [6.07, 6.45) is 0.192. The number of carbonyl (C=O) groups excluding carboxylic acids is 1. The van der Waals surface area contributed by atoms with Gasteiger partial charge in [0, 0.05) is 29.9 Å². The smallest absolute Gasteiger partial charge is 0.411 e. The molecule has 0 aliphatic heterocycles. The lowest BCUT2D eigenvalue weighted by molar-refractivity contribution is 0.153. The van der Waals surface area contributed by atoms with Crippen molar-refractivity contribution >= 4 is 36.6 Å². The van der Waals surface area contributed by atoms with Crippen molar-refractivity contribution < 1.29 is 18.3 Å². The third kappa shape index (κ3) is 9.22. The molecule has 11 heteroatoms. The second kappa shape index (κ2) is 15.2. The fourth-order valence-electron chi connectivity index (χ4n) is 3.49. The highest BCUT2D eigenvalue weighted by atomic mass is 35.5. The molecule has 1 N–H and O–H groups in total. The number of anilines is 1. The fourth-order valence-corrected chi connectivity index (χ4v) is 3.49. The Morgan fingerprint density at radius 2 is 1.72 bits per heavy atom. The van der Waals surface area contributed by atoms with E-state index in [0.717, 1.165) is 44.3 Å². The van der Waals surface area contributed by atoms with Crippen LogP contribution in [0.4, 0.5) is 19.3 Å². The zero-order valence-electron chi connectivity index (χ0n) is 20.1. The molecular weight excluding hydrogens is 513 g/mol. The molecule has 7 nitrogen and oxygen atoms in total. The van der Waals surface area contributed by atoms with Crippen LogP contribution in [0.15, 0.2) is 59.4 Å². The summed E-state index contributed by atoms with van der Waals surface area (Å²) in [4.78, 5) is 26.7. The number of hydrogen-bond donors (Lipinski definition) is 1. The number of nitrogens with zero attached hydrogens (tertiary/aromatic N) is 3. The first kappa shape index (κ1) is 31.0. The van der Waals surface area contributed by atoms with Gasteiger partial charge in [0.25, 0.3) is 5.56 Å². The number of amides is 1. The van der Waals surface area contributed by atoms with Crippen molar-refractivity contribution in [3.05, 3.63) is 82.1 Å². The molecular formula is C25H30Cl2F2N4O3. The van der Waals surface area contributed by atoms with E-state index in [1.54, 1.807) is 24.3 Å². The van der Waals surface area contributed by atoms with Gasteiger partial charge in [-0.25, -0.2) is 18.3 Å². The lowest BCUT2D eigenvalue weighted by atomic mass is 10.1. The summed E-state index contributed by atoms with van der Waals surface area (Å²) < 4.78 is 33.6. The Labute approximate surface area is 221 Å². The summed E-state index contributed by atoms with van der Waals surface area (Å²) in [5, 5.41) is 6.93. The van der Waals surface area contributed by atoms with Crippen molar-refractivity contribution in [2.45, 2.75) is 26.8 Å². The Hall–Kier alpha value is -3.01. The van der Waals surface area contributed by atoms with Crippen LogP contribution in [0, 0.1) is 11.6 Å². The number of aromatic nitrogens is 2. The van der Waals surface area contributed by atoms with Crippen LogP contribution in [0.1, 0.15) is 25.8 Å². The van der Waals surface area contributed by atoms with Gasteiger partial charge in [-0.3, -0.25) is 10.1 Å². The summed E-state index contributed by atoms with van der Waals surface area (Å²) in [6.45, 7) is 7.37. The molecule has 1 amide bonds. The summed E-state index contributed by atoms with van der Waals surface area (Å²) in [6, 6.07) is 12.7. The van der Waals surface area contributed by atoms with Crippen molar-refractivity contribution in [2.75, 3.05) is 31.6 Å². The van der Waals surface area contributed by atoms with Crippen molar-refractivity contribution in [1.29, 1.82) is 0 Å². The Balaban J connectivity index is 0.00000324. The molecule has 0 spiro atoms. The minimum absolute atomic E-state index is 0. The van der Waals surface area contributed by atoms with E-state index in [1.165, 1.54) is 16.8 Å². The minimum Gasteiger partial charge on any atom is -0.449 e. The maximum Gasteiger partial charge on any atom is 0.411 e. The lowest BCUT2D eigenvalue weighted by Gasteiger charge is -2.17. The van der Waals surface area contributed by atoms with Crippen LogP contribution in [-0.4, -0.2) is 47.0 Å². The van der Waals surface area contributed by atoms with Gasteiger partial charge >= 0.3 is 6.09 Å². The number of halogens is 4. The molecule has 0 fully saturated rings. The van der Waals surface area contributed by atoms with Gasteiger partial charge in [0.05, 0.1) is 18.8 Å². The molecule has 0 unspecified atom stereocenters. The van der Waals surface area contributed by atoms with Crippen LogP contribution in [0.5, 0.6) is 0 Å². The number of rotatable bonds is 10. The first-order chi connectivity index (χ1) is 16.4. The summed E-state index contributed by atoms with van der Waals surface area (Å²) in [5.74, 6) is -1.46. The highest BCUT2D eigenvalue weighted by Crippen LogP contribution is 2.19. The standard InChI is InChI=1S/C25H28F2N4O3.2ClH/c1-3-30(4-2)11-6-12-34-25(33)28-22-8-5-7-18(13-22)17-31-24(32)10-9-23(29-31)19-14-20(26)16-21(27)15-19;;/h5,7-10,13-16H,3-4,6,11-12,17H2,1-2H3,(H,28,33);2*1H. The van der Waals surface area contributed by atoms with Gasteiger partial charge in [-0.1, -0.05) is 26.0 Å². The molecule has 1 heterocycles. The molecule has 196 valence electrons. The zero-order valence-corrected chi connectivity index (χ0v) is 21.7. The first-order valence-corrected chi connectivity index (χ1v) is 11.2. The van der Waals surface area contributed by atoms with Gasteiger partial charge in [0.2, 0.25) is 0 Å². The molecule has 0 atom stereocenters. The molecule has 0 radical (unpaired) electrons. The predicted molar refractivity (Wildman–Crippen MR) is 141 cm³/mol. The minimum atomic E-state index is -0.728. The van der Waals surface area contributed by atoms with Crippen molar-refractivity contribution in [3.63, 3.8) is 0 Å². The average Bonchev–Trinajstić information content (AvgIpc) is 2.80. The number of nitrogens with one attached hydrogen (secondary N) is 1. The van der Waals surface area contributed by atoms with E-state index in [-0.39, 0.29) is 48.2 Å². The Bertz CT molecular complexity index is 1170. The molecule has 36 heavy (non-hydrogen) atoms. The number of carbonyl (C=O) groups is 1. The van der Waals surface area contributed by atoms with E-state index in [0.29, 0.717) is 17.9 Å². The third-order valence-corrected chi connectivity index (χ3v) is 5.28. The van der Waals surface area contributed by atoms with Crippen LogP contribution in [0.2, 0.25) is 0 Å². The van der Waals surface area contributed by atoms with E-state index in [2.05, 4.69) is 29.2 Å². The van der Waals surface area contributed by atoms with Crippen LogP contribution in [0.25, 0.3) is 11.3 Å². The molecule has 1 aromatic heterocycles. The quantitative estimate of drug-likeness (QED) is 0.349. The SMILES string of the molecule is CCN(CC)CCCOC(=O)Nc1cccc(Cn2nc(-c3cc(F)cc(F)c3)ccc2=O)c1.Cl.Cl. The molecule has 0 aliphatic rings. The van der Waals surface area contributed by atoms with E-state index in [9.17, 15) is 18.4 Å². The van der Waals surface area contributed by atoms with Gasteiger partial charge < -0.3 is 9.64 Å². The second-order valence-electron chi connectivity index (χ2n) is 7.71. The van der Waals surface area contributed by atoms with Crippen LogP contribution < -0.4 is 10.9 Å². The van der Waals surface area contributed by atoms with Gasteiger partial charge in [-0.15, -0.1) is 24.8 Å². The summed E-state index contributed by atoms with van der Waals surface area (Å²) in [7, 11) is 0. The molecule has 0 bridgehead atoms. The molecule has 3 rings (SSSR count). The fraction of sp³-hybridized carbons (Fsp3) is 0.320. The highest BCUT2D eigenvalue weighted by molar-refractivity contribution is 5.86. The van der Waals surface area contributed by atoms with E-state index >= 15 is 0 Å². The number of ether oxygens (including phenoxy) is 1. The summed E-state index contributed by atoms with van der Waals surface area (Å²) in [5.41, 5.74) is 1.34. The Morgan fingerprint density at radius 3 is 2.39 bits per heavy atom. The highest BCUT2D eigenvalue weighted by Gasteiger charge is 2.09. The normalized spacial score (nSPS) is 10.4. The van der Waals surface area contributed by atoms with Gasteiger partial charge in [0.1, 0.15) is 11.6 Å². The van der Waals surface area contributed by atoms with Crippen molar-refractivity contribution in [2.24, 2.45) is 0 Å². The Morgan fingerprint density at radius 1 is 1.03 bits per heavy atom. The van der Waals surface area contributed by atoms with Crippen molar-refractivity contribution in [1.82, 2.24) is 14.7 Å². The van der Waals surface area contributed by atoms with E-state index < -0.39 is 17.7 Å². The van der Waals surface area contributed by atoms with Gasteiger partial charge in [-0.2, -0.15) is 5.10 Å². The van der Waals surface area contributed by atoms with Gasteiger partial charge in [0.15, 0.2) is 0 Å². The largest absolute Gasteiger partial charge is 0.449 e. The topological polar surface area (TPSA) is 76.5 Å². The molecule has 3 aromatic rings. The maximum atomic E-state index is 13.6. The first-order valence-electron chi connectivity index (χ1n) is 11.2. The number of hydrogen-bond acceptors (Lipinski definition) is 5.